The maximum atomic E-state index is 12.3. The van der Waals surface area contributed by atoms with E-state index in [1.807, 2.05) is 9.80 Å². The van der Waals surface area contributed by atoms with Crippen molar-refractivity contribution in [2.24, 2.45) is 11.8 Å². The normalized spacial score (nSPS) is 24.4. The number of ether oxygens (including phenoxy) is 1. The summed E-state index contributed by atoms with van der Waals surface area (Å²) >= 11 is 0. The van der Waals surface area contributed by atoms with E-state index in [1.165, 1.54) is 0 Å². The Labute approximate surface area is 114 Å². The standard InChI is InChI=1S/C14H24N2O3/c1-11(2)3-4-16-10-12(9-13(16)17)14(18)15-5-7-19-8-6-15/h11-12H,3-10H2,1-2H3/t12-/m0/s1. The lowest BCUT2D eigenvalue weighted by molar-refractivity contribution is -0.139. The van der Waals surface area contributed by atoms with Gasteiger partial charge in [-0.05, 0) is 12.3 Å². The lowest BCUT2D eigenvalue weighted by Crippen LogP contribution is -2.44. The lowest BCUT2D eigenvalue weighted by atomic mass is 10.1. The molecule has 0 aliphatic carbocycles. The number of morpholine rings is 1. The highest BCUT2D eigenvalue weighted by molar-refractivity contribution is 5.89. The molecule has 2 saturated heterocycles. The maximum Gasteiger partial charge on any atom is 0.228 e. The molecule has 5 nitrogen and oxygen atoms in total. The highest BCUT2D eigenvalue weighted by atomic mass is 16.5. The maximum absolute atomic E-state index is 12.3. The SMILES string of the molecule is CC(C)CCN1C[C@@H](C(=O)N2CCOCC2)CC1=O. The van der Waals surface area contributed by atoms with Gasteiger partial charge in [0.2, 0.25) is 11.8 Å². The second-order valence-corrected chi connectivity index (χ2v) is 5.86. The van der Waals surface area contributed by atoms with Crippen LogP contribution in [-0.4, -0.2) is 61.0 Å². The first-order chi connectivity index (χ1) is 9.08. The molecule has 1 atom stereocenters. The summed E-state index contributed by atoms with van der Waals surface area (Å²) < 4.78 is 5.25. The molecule has 108 valence electrons. The van der Waals surface area contributed by atoms with E-state index in [-0.39, 0.29) is 17.7 Å². The fourth-order valence-electron chi connectivity index (χ4n) is 2.61. The Morgan fingerprint density at radius 3 is 2.68 bits per heavy atom. The quantitative estimate of drug-likeness (QED) is 0.755. The minimum atomic E-state index is -0.141. The third kappa shape index (κ3) is 3.69. The molecule has 0 spiro atoms. The zero-order chi connectivity index (χ0) is 13.8. The number of carbonyl (C=O) groups excluding carboxylic acids is 2. The van der Waals surface area contributed by atoms with E-state index in [1.54, 1.807) is 0 Å². The first kappa shape index (κ1) is 14.3. The molecule has 2 amide bonds. The van der Waals surface area contributed by atoms with Crippen molar-refractivity contribution in [3.8, 4) is 0 Å². The Morgan fingerprint density at radius 2 is 2.05 bits per heavy atom. The lowest BCUT2D eigenvalue weighted by Gasteiger charge is -2.29. The fourth-order valence-corrected chi connectivity index (χ4v) is 2.61. The Hall–Kier alpha value is -1.10. The second-order valence-electron chi connectivity index (χ2n) is 5.86. The molecule has 5 heteroatoms. The van der Waals surface area contributed by atoms with Crippen molar-refractivity contribution in [1.29, 1.82) is 0 Å². The van der Waals surface area contributed by atoms with E-state index in [0.717, 1.165) is 13.0 Å². The third-order valence-corrected chi connectivity index (χ3v) is 3.86. The van der Waals surface area contributed by atoms with Crippen LogP contribution >= 0.6 is 0 Å². The van der Waals surface area contributed by atoms with Crippen LogP contribution in [0.4, 0.5) is 0 Å². The van der Waals surface area contributed by atoms with Crippen molar-refractivity contribution < 1.29 is 14.3 Å². The Bertz CT molecular complexity index is 338. The van der Waals surface area contributed by atoms with E-state index < -0.39 is 0 Å². The summed E-state index contributed by atoms with van der Waals surface area (Å²) in [5.74, 6) is 0.704. The molecule has 0 saturated carbocycles. The van der Waals surface area contributed by atoms with Gasteiger partial charge in [-0.25, -0.2) is 0 Å². The van der Waals surface area contributed by atoms with Crippen LogP contribution < -0.4 is 0 Å². The van der Waals surface area contributed by atoms with Gasteiger partial charge in [-0.1, -0.05) is 13.8 Å². The molecule has 0 bridgehead atoms. The Kier molecular flexibility index (Phi) is 4.80. The predicted octanol–water partition coefficient (Wildman–Crippen LogP) is 0.740. The first-order valence-electron chi connectivity index (χ1n) is 7.22. The molecule has 2 aliphatic rings. The van der Waals surface area contributed by atoms with Gasteiger partial charge in [0.05, 0.1) is 19.1 Å². The van der Waals surface area contributed by atoms with Crippen molar-refractivity contribution in [1.82, 2.24) is 9.80 Å². The third-order valence-electron chi connectivity index (χ3n) is 3.86. The molecule has 2 heterocycles. The second kappa shape index (κ2) is 6.37. The topological polar surface area (TPSA) is 49.9 Å². The minimum absolute atomic E-state index is 0.128. The Balaban J connectivity index is 1.85. The van der Waals surface area contributed by atoms with Crippen LogP contribution in [0.3, 0.4) is 0 Å². The van der Waals surface area contributed by atoms with Gasteiger partial charge in [-0.2, -0.15) is 0 Å². The molecule has 0 aromatic carbocycles. The smallest absolute Gasteiger partial charge is 0.228 e. The average molecular weight is 268 g/mol. The van der Waals surface area contributed by atoms with Gasteiger partial charge in [0.1, 0.15) is 0 Å². The first-order valence-corrected chi connectivity index (χ1v) is 7.22. The molecule has 2 rings (SSSR count). The van der Waals surface area contributed by atoms with Gasteiger partial charge in [-0.15, -0.1) is 0 Å². The van der Waals surface area contributed by atoms with Crippen LogP contribution in [0.2, 0.25) is 0 Å². The van der Waals surface area contributed by atoms with E-state index in [0.29, 0.717) is 45.2 Å². The monoisotopic (exact) mass is 268 g/mol. The molecule has 0 aromatic heterocycles. The zero-order valence-corrected chi connectivity index (χ0v) is 11.9. The summed E-state index contributed by atoms with van der Waals surface area (Å²) in [5.41, 5.74) is 0. The number of carbonyl (C=O) groups is 2. The van der Waals surface area contributed by atoms with Crippen LogP contribution in [0, 0.1) is 11.8 Å². The van der Waals surface area contributed by atoms with Gasteiger partial charge in [0, 0.05) is 32.6 Å². The van der Waals surface area contributed by atoms with E-state index in [9.17, 15) is 9.59 Å². The van der Waals surface area contributed by atoms with Gasteiger partial charge >= 0.3 is 0 Å². The number of likely N-dealkylation sites (tertiary alicyclic amines) is 1. The Morgan fingerprint density at radius 1 is 1.37 bits per heavy atom. The van der Waals surface area contributed by atoms with Gasteiger partial charge in [0.25, 0.3) is 0 Å². The molecule has 2 fully saturated rings. The van der Waals surface area contributed by atoms with Crippen molar-refractivity contribution in [3.63, 3.8) is 0 Å². The predicted molar refractivity (Wildman–Crippen MR) is 71.5 cm³/mol. The van der Waals surface area contributed by atoms with Crippen molar-refractivity contribution >= 4 is 11.8 Å². The van der Waals surface area contributed by atoms with E-state index in [2.05, 4.69) is 13.8 Å². The van der Waals surface area contributed by atoms with Crippen molar-refractivity contribution in [2.45, 2.75) is 26.7 Å². The largest absolute Gasteiger partial charge is 0.378 e. The zero-order valence-electron chi connectivity index (χ0n) is 11.9. The number of hydrogen-bond acceptors (Lipinski definition) is 3. The molecule has 19 heavy (non-hydrogen) atoms. The molecular formula is C14H24N2O3. The van der Waals surface area contributed by atoms with Gasteiger partial charge in [0.15, 0.2) is 0 Å². The van der Waals surface area contributed by atoms with Crippen LogP contribution in [0.1, 0.15) is 26.7 Å². The molecule has 0 unspecified atom stereocenters. The van der Waals surface area contributed by atoms with Gasteiger partial charge < -0.3 is 14.5 Å². The number of hydrogen-bond donors (Lipinski definition) is 0. The summed E-state index contributed by atoms with van der Waals surface area (Å²) in [5, 5.41) is 0. The van der Waals surface area contributed by atoms with Gasteiger partial charge in [-0.3, -0.25) is 9.59 Å². The van der Waals surface area contributed by atoms with E-state index >= 15 is 0 Å². The summed E-state index contributed by atoms with van der Waals surface area (Å²) in [4.78, 5) is 27.9. The number of nitrogens with zero attached hydrogens (tertiary/aromatic N) is 2. The molecule has 0 radical (unpaired) electrons. The van der Waals surface area contributed by atoms with Crippen LogP contribution in [0.5, 0.6) is 0 Å². The summed E-state index contributed by atoms with van der Waals surface area (Å²) in [6.45, 7) is 8.23. The van der Waals surface area contributed by atoms with Crippen molar-refractivity contribution in [2.75, 3.05) is 39.4 Å². The summed E-state index contributed by atoms with van der Waals surface area (Å²) in [6, 6.07) is 0. The van der Waals surface area contributed by atoms with Crippen LogP contribution in [0.25, 0.3) is 0 Å². The van der Waals surface area contributed by atoms with Crippen molar-refractivity contribution in [3.05, 3.63) is 0 Å². The molecule has 2 aliphatic heterocycles. The molecule has 0 N–H and O–H groups in total. The number of rotatable bonds is 4. The summed E-state index contributed by atoms with van der Waals surface area (Å²) in [6.07, 6.45) is 1.39. The highest BCUT2D eigenvalue weighted by Gasteiger charge is 2.36. The fraction of sp³-hybridized carbons (Fsp3) is 0.857. The molecular weight excluding hydrogens is 244 g/mol. The van der Waals surface area contributed by atoms with Crippen LogP contribution in [-0.2, 0) is 14.3 Å². The van der Waals surface area contributed by atoms with E-state index in [4.69, 9.17) is 4.74 Å². The minimum Gasteiger partial charge on any atom is -0.378 e. The van der Waals surface area contributed by atoms with Crippen LogP contribution in [0.15, 0.2) is 0 Å². The molecule has 0 aromatic rings. The highest BCUT2D eigenvalue weighted by Crippen LogP contribution is 2.21. The summed E-state index contributed by atoms with van der Waals surface area (Å²) in [7, 11) is 0. The number of amides is 2. The average Bonchev–Trinajstić information content (AvgIpc) is 2.78.